The van der Waals surface area contributed by atoms with Crippen molar-refractivity contribution in [2.75, 3.05) is 39.5 Å². The molecule has 1 N–H and O–H groups in total. The average molecular weight is 945 g/mol. The molecule has 0 aromatic carbocycles. The Hall–Kier alpha value is -1.66. The highest BCUT2D eigenvalue weighted by molar-refractivity contribution is 5.83. The van der Waals surface area contributed by atoms with Crippen molar-refractivity contribution in [2.24, 2.45) is 0 Å². The number of rotatable bonds is 55. The third kappa shape index (κ3) is 50.5. The van der Waals surface area contributed by atoms with Gasteiger partial charge >= 0.3 is 11.9 Å². The fourth-order valence-corrected chi connectivity index (χ4v) is 9.46. The SMILES string of the molecule is CCCCCCCCCCC(=CC(=O)OCCCCCCCCCCCN(CCCO)CCCCCCCCCCCOC(=O)/C=C(\CCCCC)CCCCCCCCCC)CCCCC. The van der Waals surface area contributed by atoms with Crippen molar-refractivity contribution in [3.8, 4) is 0 Å². The first-order valence-corrected chi connectivity index (χ1v) is 30.1. The molecule has 0 fully saturated rings. The second-order valence-electron chi connectivity index (χ2n) is 20.6. The molecule has 0 bridgehead atoms. The summed E-state index contributed by atoms with van der Waals surface area (Å²) < 4.78 is 11.3. The molecule has 0 saturated heterocycles. The van der Waals surface area contributed by atoms with Gasteiger partial charge in [0.1, 0.15) is 0 Å². The molecule has 67 heavy (non-hydrogen) atoms. The van der Waals surface area contributed by atoms with Crippen LogP contribution in [0.15, 0.2) is 23.3 Å². The molecular formula is C61H117NO5. The van der Waals surface area contributed by atoms with E-state index >= 15 is 0 Å². The molecule has 0 unspecified atom stereocenters. The Bertz CT molecular complexity index is 1010. The standard InChI is InChI=1S/C61H117NO5/c1-5-9-13-15-17-25-31-39-48-58(46-37-11-7-3)56-60(64)66-54-43-35-29-23-19-21-27-33-41-50-62(52-45-53-63)51-42-34-28-22-20-24-30-36-44-55-67-61(65)57-59(47-38-12-8-4)49-40-32-26-18-16-14-10-6-2/h56-57,63H,5-55H2,1-4H3/b58-56+,59-57?. The van der Waals surface area contributed by atoms with Gasteiger partial charge < -0.3 is 19.5 Å². The lowest BCUT2D eigenvalue weighted by molar-refractivity contribution is -0.138. The molecule has 396 valence electrons. The van der Waals surface area contributed by atoms with Gasteiger partial charge in [0.25, 0.3) is 0 Å². The molecule has 0 saturated carbocycles. The monoisotopic (exact) mass is 944 g/mol. The van der Waals surface area contributed by atoms with Crippen molar-refractivity contribution < 1.29 is 24.2 Å². The van der Waals surface area contributed by atoms with Crippen molar-refractivity contribution >= 4 is 11.9 Å². The maximum atomic E-state index is 12.6. The van der Waals surface area contributed by atoms with Gasteiger partial charge in [0.2, 0.25) is 0 Å². The molecule has 6 heteroatoms. The molecule has 0 radical (unpaired) electrons. The maximum Gasteiger partial charge on any atom is 0.330 e. The van der Waals surface area contributed by atoms with Crippen LogP contribution in [0, 0.1) is 0 Å². The Balaban J connectivity index is 3.97. The van der Waals surface area contributed by atoms with Gasteiger partial charge in [-0.15, -0.1) is 0 Å². The zero-order chi connectivity index (χ0) is 48.8. The number of carbonyl (C=O) groups is 2. The van der Waals surface area contributed by atoms with E-state index in [-0.39, 0.29) is 18.5 Å². The van der Waals surface area contributed by atoms with Gasteiger partial charge in [-0.2, -0.15) is 0 Å². The van der Waals surface area contributed by atoms with E-state index in [0.717, 1.165) is 64.3 Å². The second kappa shape index (κ2) is 55.3. The van der Waals surface area contributed by atoms with Crippen LogP contribution in [0.2, 0.25) is 0 Å². The smallest absolute Gasteiger partial charge is 0.330 e. The van der Waals surface area contributed by atoms with Crippen molar-refractivity contribution in [1.82, 2.24) is 4.90 Å². The van der Waals surface area contributed by atoms with E-state index < -0.39 is 0 Å². The van der Waals surface area contributed by atoms with E-state index in [0.29, 0.717) is 13.2 Å². The summed E-state index contributed by atoms with van der Waals surface area (Å²) in [5, 5.41) is 9.46. The minimum absolute atomic E-state index is 0.120. The lowest BCUT2D eigenvalue weighted by Crippen LogP contribution is -2.27. The number of aliphatic hydroxyl groups is 1. The lowest BCUT2D eigenvalue weighted by Gasteiger charge is -2.22. The summed E-state index contributed by atoms with van der Waals surface area (Å²) in [6.45, 7) is 13.8. The molecule has 0 aliphatic carbocycles. The summed E-state index contributed by atoms with van der Waals surface area (Å²) in [5.74, 6) is -0.239. The summed E-state index contributed by atoms with van der Waals surface area (Å²) in [7, 11) is 0. The van der Waals surface area contributed by atoms with Crippen LogP contribution >= 0.6 is 0 Å². The van der Waals surface area contributed by atoms with E-state index in [9.17, 15) is 14.7 Å². The third-order valence-corrected chi connectivity index (χ3v) is 13.9. The zero-order valence-corrected chi connectivity index (χ0v) is 45.7. The van der Waals surface area contributed by atoms with Gasteiger partial charge in [-0.25, -0.2) is 9.59 Å². The number of hydrogen-bond acceptors (Lipinski definition) is 6. The molecule has 6 nitrogen and oxygen atoms in total. The predicted octanol–water partition coefficient (Wildman–Crippen LogP) is 18.9. The van der Waals surface area contributed by atoms with Gasteiger partial charge in [-0.05, 0) is 96.6 Å². The number of esters is 2. The molecule has 0 atom stereocenters. The number of nitrogens with zero attached hydrogens (tertiary/aromatic N) is 1. The van der Waals surface area contributed by atoms with E-state index in [1.807, 2.05) is 12.2 Å². The first-order chi connectivity index (χ1) is 33.0. The maximum absolute atomic E-state index is 12.6. The first-order valence-electron chi connectivity index (χ1n) is 30.1. The number of carbonyl (C=O) groups excluding carboxylic acids is 2. The summed E-state index contributed by atoms with van der Waals surface area (Å²) in [6.07, 6.45) is 59.5. The molecule has 0 aromatic heterocycles. The van der Waals surface area contributed by atoms with Crippen LogP contribution in [0.4, 0.5) is 0 Å². The molecule has 0 aliphatic rings. The van der Waals surface area contributed by atoms with Gasteiger partial charge in [0, 0.05) is 25.3 Å². The highest BCUT2D eigenvalue weighted by Crippen LogP contribution is 2.21. The third-order valence-electron chi connectivity index (χ3n) is 13.9. The number of allylic oxidation sites excluding steroid dienone is 2. The molecule has 0 rings (SSSR count). The largest absolute Gasteiger partial charge is 0.463 e. The molecule has 0 aromatic rings. The van der Waals surface area contributed by atoms with Crippen LogP contribution in [0.1, 0.15) is 317 Å². The second-order valence-corrected chi connectivity index (χ2v) is 20.6. The fourth-order valence-electron chi connectivity index (χ4n) is 9.46. The van der Waals surface area contributed by atoms with E-state index in [1.165, 1.54) is 255 Å². The predicted molar refractivity (Wildman–Crippen MR) is 292 cm³/mol. The number of unbranched alkanes of at least 4 members (excludes halogenated alkanes) is 34. The summed E-state index contributed by atoms with van der Waals surface area (Å²) >= 11 is 0. The van der Waals surface area contributed by atoms with Crippen LogP contribution in [-0.2, 0) is 19.1 Å². The normalized spacial score (nSPS) is 12.1. The first kappa shape index (κ1) is 65.3. The number of ether oxygens (including phenoxy) is 2. The van der Waals surface area contributed by atoms with Crippen molar-refractivity contribution in [2.45, 2.75) is 317 Å². The van der Waals surface area contributed by atoms with Crippen molar-refractivity contribution in [3.63, 3.8) is 0 Å². The number of hydrogen-bond donors (Lipinski definition) is 1. The Labute approximate surface area is 418 Å². The van der Waals surface area contributed by atoms with Crippen molar-refractivity contribution in [3.05, 3.63) is 23.3 Å². The van der Waals surface area contributed by atoms with Crippen molar-refractivity contribution in [1.29, 1.82) is 0 Å². The Morgan fingerprint density at radius 3 is 0.881 bits per heavy atom. The van der Waals surface area contributed by atoms with E-state index in [1.54, 1.807) is 0 Å². The van der Waals surface area contributed by atoms with Gasteiger partial charge in [0.15, 0.2) is 0 Å². The molecule has 0 aliphatic heterocycles. The van der Waals surface area contributed by atoms with E-state index in [4.69, 9.17) is 9.47 Å². The minimum Gasteiger partial charge on any atom is -0.463 e. The Morgan fingerprint density at radius 2 is 0.567 bits per heavy atom. The molecule has 0 spiro atoms. The number of aliphatic hydroxyl groups excluding tert-OH is 1. The summed E-state index contributed by atoms with van der Waals surface area (Å²) in [4.78, 5) is 27.8. The zero-order valence-electron chi connectivity index (χ0n) is 45.7. The highest BCUT2D eigenvalue weighted by Gasteiger charge is 2.08. The quantitative estimate of drug-likeness (QED) is 0.0372. The van der Waals surface area contributed by atoms with Crippen LogP contribution in [-0.4, -0.2) is 61.4 Å². The summed E-state index contributed by atoms with van der Waals surface area (Å²) in [5.41, 5.74) is 2.61. The molecule has 0 amide bonds. The Morgan fingerprint density at radius 1 is 0.328 bits per heavy atom. The summed E-state index contributed by atoms with van der Waals surface area (Å²) in [6, 6.07) is 0. The van der Waals surface area contributed by atoms with Crippen LogP contribution in [0.5, 0.6) is 0 Å². The average Bonchev–Trinajstić information content (AvgIpc) is 3.32. The highest BCUT2D eigenvalue weighted by atomic mass is 16.5. The fraction of sp³-hybridized carbons (Fsp3) is 0.902. The van der Waals surface area contributed by atoms with E-state index in [2.05, 4.69) is 32.6 Å². The topological polar surface area (TPSA) is 76.1 Å². The van der Waals surface area contributed by atoms with Gasteiger partial charge in [0.05, 0.1) is 13.2 Å². The molecule has 0 heterocycles. The van der Waals surface area contributed by atoms with Gasteiger partial charge in [-0.1, -0.05) is 244 Å². The molecular weight excluding hydrogens is 827 g/mol. The lowest BCUT2D eigenvalue weighted by atomic mass is 9.99. The Kier molecular flexibility index (Phi) is 53.9. The minimum atomic E-state index is -0.120. The van der Waals surface area contributed by atoms with Crippen LogP contribution in [0.3, 0.4) is 0 Å². The van der Waals surface area contributed by atoms with Gasteiger partial charge in [-0.3, -0.25) is 0 Å². The van der Waals surface area contributed by atoms with Crippen LogP contribution in [0.25, 0.3) is 0 Å². The van der Waals surface area contributed by atoms with Crippen LogP contribution < -0.4 is 0 Å².